The number of aryl methyl sites for hydroxylation is 1. The topological polar surface area (TPSA) is 70.2 Å². The first-order valence-corrected chi connectivity index (χ1v) is 7.37. The van der Waals surface area contributed by atoms with E-state index in [1.165, 1.54) is 0 Å². The molecule has 0 aliphatic rings. The number of nitrogens with one attached hydrogen (secondary N) is 2. The van der Waals surface area contributed by atoms with Crippen LogP contribution in [0.15, 0.2) is 24.3 Å². The van der Waals surface area contributed by atoms with Crippen LogP contribution in [0.4, 0.5) is 20.5 Å². The molecule has 0 radical (unpaired) electrons. The van der Waals surface area contributed by atoms with Gasteiger partial charge in [0.1, 0.15) is 17.5 Å². The Morgan fingerprint density at radius 1 is 1.17 bits per heavy atom. The van der Waals surface area contributed by atoms with E-state index < -0.39 is 17.5 Å². The molecule has 0 saturated heterocycles. The second-order valence-corrected chi connectivity index (χ2v) is 5.39. The van der Waals surface area contributed by atoms with Crippen LogP contribution in [0.1, 0.15) is 16.1 Å². The molecule has 1 heterocycles. The number of carbonyl (C=O) groups excluding carboxylic acids is 1. The Labute approximate surface area is 138 Å². The van der Waals surface area contributed by atoms with Gasteiger partial charge in [0, 0.05) is 45.0 Å². The van der Waals surface area contributed by atoms with Gasteiger partial charge in [-0.2, -0.15) is 4.98 Å². The second kappa shape index (κ2) is 7.67. The van der Waals surface area contributed by atoms with Crippen LogP contribution in [-0.2, 0) is 0 Å². The fraction of sp³-hybridized carbons (Fsp3) is 0.312. The van der Waals surface area contributed by atoms with Crippen molar-refractivity contribution in [2.75, 3.05) is 37.4 Å². The summed E-state index contributed by atoms with van der Waals surface area (Å²) in [5, 5.41) is 5.55. The molecule has 1 amide bonds. The highest BCUT2D eigenvalue weighted by Crippen LogP contribution is 2.12. The maximum absolute atomic E-state index is 13.5. The highest BCUT2D eigenvalue weighted by Gasteiger charge is 2.11. The van der Waals surface area contributed by atoms with Gasteiger partial charge in [-0.15, -0.1) is 0 Å². The summed E-state index contributed by atoms with van der Waals surface area (Å²) in [4.78, 5) is 22.3. The van der Waals surface area contributed by atoms with E-state index >= 15 is 0 Å². The van der Waals surface area contributed by atoms with E-state index in [0.717, 1.165) is 23.6 Å². The van der Waals surface area contributed by atoms with Gasteiger partial charge in [0.2, 0.25) is 5.95 Å². The fourth-order valence-electron chi connectivity index (χ4n) is 1.98. The van der Waals surface area contributed by atoms with Gasteiger partial charge in [0.15, 0.2) is 0 Å². The van der Waals surface area contributed by atoms with E-state index in [9.17, 15) is 13.6 Å². The molecule has 24 heavy (non-hydrogen) atoms. The third-order valence-electron chi connectivity index (χ3n) is 3.17. The molecule has 2 N–H and O–H groups in total. The van der Waals surface area contributed by atoms with Crippen LogP contribution in [0.25, 0.3) is 0 Å². The molecule has 0 atom stereocenters. The molecule has 0 fully saturated rings. The molecule has 0 aliphatic carbocycles. The van der Waals surface area contributed by atoms with E-state index in [2.05, 4.69) is 20.6 Å². The van der Waals surface area contributed by atoms with E-state index in [-0.39, 0.29) is 12.1 Å². The Morgan fingerprint density at radius 2 is 1.92 bits per heavy atom. The zero-order chi connectivity index (χ0) is 17.7. The van der Waals surface area contributed by atoms with E-state index in [1.54, 1.807) is 0 Å². The molecule has 0 spiro atoms. The predicted molar refractivity (Wildman–Crippen MR) is 88.3 cm³/mol. The zero-order valence-electron chi connectivity index (χ0n) is 13.7. The minimum Gasteiger partial charge on any atom is -0.363 e. The Kier molecular flexibility index (Phi) is 5.62. The number of rotatable bonds is 6. The summed E-state index contributed by atoms with van der Waals surface area (Å²) in [5.74, 6) is -1.01. The minimum atomic E-state index is -0.891. The number of hydrogen-bond acceptors (Lipinski definition) is 5. The first-order chi connectivity index (χ1) is 11.4. The molecule has 128 valence electrons. The normalized spacial score (nSPS) is 10.4. The predicted octanol–water partition coefficient (Wildman–Crippen LogP) is 1.97. The lowest BCUT2D eigenvalue weighted by atomic mass is 10.2. The third-order valence-corrected chi connectivity index (χ3v) is 3.17. The number of amides is 1. The summed E-state index contributed by atoms with van der Waals surface area (Å²) >= 11 is 0. The van der Waals surface area contributed by atoms with Crippen molar-refractivity contribution in [3.8, 4) is 0 Å². The number of nitrogens with zero attached hydrogens (tertiary/aromatic N) is 3. The van der Waals surface area contributed by atoms with Gasteiger partial charge in [-0.05, 0) is 19.1 Å². The molecule has 0 saturated carbocycles. The highest BCUT2D eigenvalue weighted by molar-refractivity contribution is 5.94. The summed E-state index contributed by atoms with van der Waals surface area (Å²) in [6.07, 6.45) is 0. The maximum atomic E-state index is 13.5. The van der Waals surface area contributed by atoms with Crippen molar-refractivity contribution in [2.45, 2.75) is 6.92 Å². The number of carbonyl (C=O) groups is 1. The molecule has 2 rings (SSSR count). The van der Waals surface area contributed by atoms with Gasteiger partial charge < -0.3 is 15.5 Å². The Morgan fingerprint density at radius 3 is 2.58 bits per heavy atom. The molecule has 0 aliphatic heterocycles. The first kappa shape index (κ1) is 17.6. The van der Waals surface area contributed by atoms with E-state index in [0.29, 0.717) is 18.6 Å². The largest absolute Gasteiger partial charge is 0.363 e. The first-order valence-electron chi connectivity index (χ1n) is 7.37. The minimum absolute atomic E-state index is 0.196. The quantitative estimate of drug-likeness (QED) is 0.790. The summed E-state index contributed by atoms with van der Waals surface area (Å²) in [5.41, 5.74) is 0.617. The number of benzene rings is 1. The van der Waals surface area contributed by atoms with Crippen molar-refractivity contribution in [1.29, 1.82) is 0 Å². The van der Waals surface area contributed by atoms with Gasteiger partial charge in [-0.25, -0.2) is 13.8 Å². The molecule has 1 aromatic heterocycles. The van der Waals surface area contributed by atoms with Crippen LogP contribution >= 0.6 is 0 Å². The molecular weight excluding hydrogens is 316 g/mol. The SMILES string of the molecule is Cc1cc(N(C)C)nc(NCCNC(=O)c2ccc(F)cc2F)n1. The van der Waals surface area contributed by atoms with Crippen molar-refractivity contribution in [2.24, 2.45) is 0 Å². The van der Waals surface area contributed by atoms with Crippen molar-refractivity contribution >= 4 is 17.7 Å². The number of hydrogen-bond donors (Lipinski definition) is 2. The molecule has 8 heteroatoms. The van der Waals surface area contributed by atoms with Crippen molar-refractivity contribution in [3.63, 3.8) is 0 Å². The zero-order valence-corrected chi connectivity index (χ0v) is 13.7. The average Bonchev–Trinajstić information content (AvgIpc) is 2.50. The Bertz CT molecular complexity index is 736. The van der Waals surface area contributed by atoms with Gasteiger partial charge >= 0.3 is 0 Å². The monoisotopic (exact) mass is 335 g/mol. The van der Waals surface area contributed by atoms with Crippen LogP contribution in [0.5, 0.6) is 0 Å². The van der Waals surface area contributed by atoms with Gasteiger partial charge in [-0.3, -0.25) is 4.79 Å². The highest BCUT2D eigenvalue weighted by atomic mass is 19.1. The van der Waals surface area contributed by atoms with Crippen LogP contribution in [0, 0.1) is 18.6 Å². The second-order valence-electron chi connectivity index (χ2n) is 5.39. The summed E-state index contributed by atoms with van der Waals surface area (Å²) < 4.78 is 26.3. The van der Waals surface area contributed by atoms with E-state index in [4.69, 9.17) is 0 Å². The lowest BCUT2D eigenvalue weighted by molar-refractivity contribution is 0.0951. The Balaban J connectivity index is 1.88. The molecular formula is C16H19F2N5O. The van der Waals surface area contributed by atoms with Crippen LogP contribution in [-0.4, -0.2) is 43.1 Å². The van der Waals surface area contributed by atoms with Gasteiger partial charge in [0.05, 0.1) is 5.56 Å². The van der Waals surface area contributed by atoms with Crippen LogP contribution < -0.4 is 15.5 Å². The molecule has 1 aromatic carbocycles. The number of halogens is 2. The number of anilines is 2. The molecule has 6 nitrogen and oxygen atoms in total. The summed E-state index contributed by atoms with van der Waals surface area (Å²) in [6.45, 7) is 2.47. The van der Waals surface area contributed by atoms with Crippen LogP contribution in [0.3, 0.4) is 0 Å². The Hall–Kier alpha value is -2.77. The summed E-state index contributed by atoms with van der Waals surface area (Å²) in [6, 6.07) is 4.68. The van der Waals surface area contributed by atoms with Crippen molar-refractivity contribution in [1.82, 2.24) is 15.3 Å². The van der Waals surface area contributed by atoms with Crippen molar-refractivity contribution in [3.05, 3.63) is 47.2 Å². The fourth-order valence-corrected chi connectivity index (χ4v) is 1.98. The van der Waals surface area contributed by atoms with E-state index in [1.807, 2.05) is 32.0 Å². The third kappa shape index (κ3) is 4.61. The lowest BCUT2D eigenvalue weighted by Gasteiger charge is -2.14. The number of aromatic nitrogens is 2. The smallest absolute Gasteiger partial charge is 0.254 e. The maximum Gasteiger partial charge on any atom is 0.254 e. The van der Waals surface area contributed by atoms with Gasteiger partial charge in [-0.1, -0.05) is 0 Å². The van der Waals surface area contributed by atoms with Gasteiger partial charge in [0.25, 0.3) is 5.91 Å². The average molecular weight is 335 g/mol. The molecule has 0 unspecified atom stereocenters. The molecule has 0 bridgehead atoms. The summed E-state index contributed by atoms with van der Waals surface area (Å²) in [7, 11) is 3.76. The van der Waals surface area contributed by atoms with Crippen LogP contribution in [0.2, 0.25) is 0 Å². The molecule has 2 aromatic rings. The lowest BCUT2D eigenvalue weighted by Crippen LogP contribution is -2.29. The van der Waals surface area contributed by atoms with Crippen molar-refractivity contribution < 1.29 is 13.6 Å². The standard InChI is InChI=1S/C16H19F2N5O/c1-10-8-14(23(2)3)22-16(21-10)20-7-6-19-15(24)12-5-4-11(17)9-13(12)18/h4-5,8-9H,6-7H2,1-3H3,(H,19,24)(H,20,21,22).